The number of nitrogens with zero attached hydrogens (tertiary/aromatic N) is 2. The first-order chi connectivity index (χ1) is 10.6. The zero-order valence-electron chi connectivity index (χ0n) is 12.8. The van der Waals surface area contributed by atoms with Crippen LogP contribution in [-0.4, -0.2) is 55.3 Å². The number of aliphatic imine (C=N–C) groups is 1. The smallest absolute Gasteiger partial charge is 0.326 e. The monoisotopic (exact) mass is 339 g/mol. The Morgan fingerprint density at radius 2 is 1.87 bits per heavy atom. The van der Waals surface area contributed by atoms with Crippen LogP contribution in [0.25, 0.3) is 0 Å². The predicted octanol–water partition coefficient (Wildman–Crippen LogP) is 0.0451. The van der Waals surface area contributed by atoms with Crippen molar-refractivity contribution >= 4 is 27.7 Å². The fraction of sp³-hybridized carbons (Fsp3) is 0.357. The molecule has 124 valence electrons. The van der Waals surface area contributed by atoms with Crippen LogP contribution in [0, 0.1) is 0 Å². The first-order valence-corrected chi connectivity index (χ1v) is 8.33. The summed E-state index contributed by atoms with van der Waals surface area (Å²) in [5.41, 5.74) is 0.390. The third-order valence-electron chi connectivity index (χ3n) is 3.63. The molecule has 23 heavy (non-hydrogen) atoms. The second kappa shape index (κ2) is 5.99. The van der Waals surface area contributed by atoms with Gasteiger partial charge >= 0.3 is 5.97 Å². The lowest BCUT2D eigenvalue weighted by atomic mass is 10.2. The lowest BCUT2D eigenvalue weighted by molar-refractivity contribution is -0.148. The van der Waals surface area contributed by atoms with Gasteiger partial charge in [-0.2, -0.15) is 0 Å². The van der Waals surface area contributed by atoms with Crippen LogP contribution < -0.4 is 4.72 Å². The zero-order chi connectivity index (χ0) is 17.4. The van der Waals surface area contributed by atoms with Crippen LogP contribution in [0.5, 0.6) is 0 Å². The van der Waals surface area contributed by atoms with Gasteiger partial charge in [-0.1, -0.05) is 12.1 Å². The molecule has 2 atom stereocenters. The Labute approximate surface area is 133 Å². The number of nitrogens with one attached hydrogen (secondary N) is 1. The summed E-state index contributed by atoms with van der Waals surface area (Å²) in [5.74, 6) is -1.57. The fourth-order valence-corrected chi connectivity index (χ4v) is 3.37. The molecule has 0 radical (unpaired) electrons. The number of carboxylic acid groups (broad SMARTS) is 1. The standard InChI is InChI=1S/C14H17N3O5S/c1-8(13(18)17(3)9(2)14(19)20)15-12-10-6-4-5-7-11(10)23(21,22)16-12/h4-9H,1-3H3,(H,15,16)(H,19,20). The molecule has 2 rings (SSSR count). The fourth-order valence-electron chi connectivity index (χ4n) is 2.13. The number of sulfonamides is 1. The van der Waals surface area contributed by atoms with Crippen LogP contribution in [0.3, 0.4) is 0 Å². The van der Waals surface area contributed by atoms with E-state index in [0.29, 0.717) is 5.56 Å². The van der Waals surface area contributed by atoms with Gasteiger partial charge in [0, 0.05) is 12.6 Å². The van der Waals surface area contributed by atoms with Crippen LogP contribution >= 0.6 is 0 Å². The molecule has 1 heterocycles. The zero-order valence-corrected chi connectivity index (χ0v) is 13.7. The van der Waals surface area contributed by atoms with Crippen molar-refractivity contribution in [2.45, 2.75) is 30.8 Å². The molecule has 1 aromatic carbocycles. The Hall–Kier alpha value is -2.42. The lowest BCUT2D eigenvalue weighted by Crippen LogP contribution is -2.44. The van der Waals surface area contributed by atoms with E-state index in [1.54, 1.807) is 18.2 Å². The number of benzene rings is 1. The minimum atomic E-state index is -3.68. The van der Waals surface area contributed by atoms with Crippen molar-refractivity contribution in [3.05, 3.63) is 29.8 Å². The van der Waals surface area contributed by atoms with Crippen molar-refractivity contribution in [1.29, 1.82) is 0 Å². The predicted molar refractivity (Wildman–Crippen MR) is 82.6 cm³/mol. The summed E-state index contributed by atoms with van der Waals surface area (Å²) >= 11 is 0. The maximum atomic E-state index is 12.2. The van der Waals surface area contributed by atoms with Crippen LogP contribution in [0.2, 0.25) is 0 Å². The topological polar surface area (TPSA) is 116 Å². The second-order valence-corrected chi connectivity index (χ2v) is 6.87. The summed E-state index contributed by atoms with van der Waals surface area (Å²) in [6.45, 7) is 2.86. The molecule has 0 saturated carbocycles. The molecule has 2 N–H and O–H groups in total. The molecule has 1 aliphatic heterocycles. The number of amides is 1. The van der Waals surface area contributed by atoms with Crippen LogP contribution in [-0.2, 0) is 19.6 Å². The van der Waals surface area contributed by atoms with Gasteiger partial charge < -0.3 is 10.0 Å². The van der Waals surface area contributed by atoms with Gasteiger partial charge in [0.1, 0.15) is 17.9 Å². The molecule has 8 nitrogen and oxygen atoms in total. The average molecular weight is 339 g/mol. The minimum Gasteiger partial charge on any atom is -0.480 e. The summed E-state index contributed by atoms with van der Waals surface area (Å²) in [4.78, 5) is 28.5. The van der Waals surface area contributed by atoms with Crippen LogP contribution in [0.1, 0.15) is 19.4 Å². The highest BCUT2D eigenvalue weighted by molar-refractivity contribution is 7.90. The minimum absolute atomic E-state index is 0.0813. The first-order valence-electron chi connectivity index (χ1n) is 6.84. The number of amidine groups is 1. The maximum absolute atomic E-state index is 12.2. The molecule has 0 aromatic heterocycles. The molecule has 1 amide bonds. The Morgan fingerprint density at radius 3 is 2.48 bits per heavy atom. The number of rotatable bonds is 4. The van der Waals surface area contributed by atoms with Crippen molar-refractivity contribution in [3.63, 3.8) is 0 Å². The summed E-state index contributed by atoms with van der Waals surface area (Å²) in [5, 5.41) is 8.94. The van der Waals surface area contributed by atoms with E-state index in [1.165, 1.54) is 27.0 Å². The number of carbonyl (C=O) groups excluding carboxylic acids is 1. The molecular weight excluding hydrogens is 322 g/mol. The second-order valence-electron chi connectivity index (χ2n) is 5.22. The van der Waals surface area contributed by atoms with E-state index < -0.39 is 34.0 Å². The van der Waals surface area contributed by atoms with Gasteiger partial charge in [-0.15, -0.1) is 0 Å². The summed E-state index contributed by atoms with van der Waals surface area (Å²) < 4.78 is 26.3. The van der Waals surface area contributed by atoms with Gasteiger partial charge in [-0.05, 0) is 26.0 Å². The van der Waals surface area contributed by atoms with E-state index in [0.717, 1.165) is 4.90 Å². The van der Waals surface area contributed by atoms with Gasteiger partial charge in [-0.3, -0.25) is 14.5 Å². The summed E-state index contributed by atoms with van der Waals surface area (Å²) in [7, 11) is -2.31. The molecule has 9 heteroatoms. The van der Waals surface area contributed by atoms with E-state index in [9.17, 15) is 18.0 Å². The largest absolute Gasteiger partial charge is 0.480 e. The highest BCUT2D eigenvalue weighted by Gasteiger charge is 2.32. The molecule has 0 spiro atoms. The van der Waals surface area contributed by atoms with E-state index in [-0.39, 0.29) is 10.7 Å². The first kappa shape index (κ1) is 16.9. The Balaban J connectivity index is 2.30. The Kier molecular flexibility index (Phi) is 4.42. The van der Waals surface area contributed by atoms with E-state index >= 15 is 0 Å². The maximum Gasteiger partial charge on any atom is 0.326 e. The summed E-state index contributed by atoms with van der Waals surface area (Å²) in [6.07, 6.45) is 0. The molecule has 0 saturated heterocycles. The number of hydrogen-bond donors (Lipinski definition) is 2. The molecule has 2 unspecified atom stereocenters. The Bertz CT molecular complexity index is 787. The Morgan fingerprint density at radius 1 is 1.26 bits per heavy atom. The van der Waals surface area contributed by atoms with Crippen molar-refractivity contribution < 1.29 is 23.1 Å². The number of aliphatic carboxylic acids is 1. The quantitative estimate of drug-likeness (QED) is 0.804. The SMILES string of the molecule is CC(N=C1NS(=O)(=O)c2ccccc21)C(=O)N(C)C(C)C(=O)O. The number of hydrogen-bond acceptors (Lipinski definition) is 5. The van der Waals surface area contributed by atoms with E-state index in [4.69, 9.17) is 5.11 Å². The number of fused-ring (bicyclic) bond motifs is 1. The van der Waals surface area contributed by atoms with Crippen molar-refractivity contribution in [3.8, 4) is 0 Å². The highest BCUT2D eigenvalue weighted by Crippen LogP contribution is 2.22. The van der Waals surface area contributed by atoms with Crippen molar-refractivity contribution in [1.82, 2.24) is 9.62 Å². The van der Waals surface area contributed by atoms with E-state index in [1.807, 2.05) is 0 Å². The number of carbonyl (C=O) groups is 2. The number of carboxylic acids is 1. The molecule has 1 aromatic rings. The third-order valence-corrected chi connectivity index (χ3v) is 5.03. The molecule has 0 bridgehead atoms. The van der Waals surface area contributed by atoms with Crippen LogP contribution in [0.15, 0.2) is 34.2 Å². The van der Waals surface area contributed by atoms with Gasteiger partial charge in [-0.25, -0.2) is 13.2 Å². The van der Waals surface area contributed by atoms with Gasteiger partial charge in [0.25, 0.3) is 10.0 Å². The van der Waals surface area contributed by atoms with E-state index in [2.05, 4.69) is 9.71 Å². The molecule has 1 aliphatic rings. The molecular formula is C14H17N3O5S. The van der Waals surface area contributed by atoms with Crippen LogP contribution in [0.4, 0.5) is 0 Å². The highest BCUT2D eigenvalue weighted by atomic mass is 32.2. The van der Waals surface area contributed by atoms with Gasteiger partial charge in [0.15, 0.2) is 0 Å². The van der Waals surface area contributed by atoms with Gasteiger partial charge in [0.2, 0.25) is 5.91 Å². The van der Waals surface area contributed by atoms with Crippen molar-refractivity contribution in [2.75, 3.05) is 7.05 Å². The third kappa shape index (κ3) is 3.19. The molecule has 0 aliphatic carbocycles. The number of likely N-dealkylation sites (N-methyl/N-ethyl adjacent to an activating group) is 1. The lowest BCUT2D eigenvalue weighted by Gasteiger charge is -2.23. The normalized spacial score (nSPS) is 19.5. The summed E-state index contributed by atoms with van der Waals surface area (Å²) in [6, 6.07) is 4.38. The van der Waals surface area contributed by atoms with Crippen molar-refractivity contribution in [2.24, 2.45) is 4.99 Å². The average Bonchev–Trinajstić information content (AvgIpc) is 2.76. The van der Waals surface area contributed by atoms with Gasteiger partial charge in [0.05, 0.1) is 4.90 Å². The molecule has 0 fully saturated rings.